The number of amides is 1. The van der Waals surface area contributed by atoms with Crippen molar-refractivity contribution in [1.82, 2.24) is 0 Å². The van der Waals surface area contributed by atoms with Gasteiger partial charge in [0.15, 0.2) is 0 Å². The summed E-state index contributed by atoms with van der Waals surface area (Å²) in [4.78, 5) is 12.1. The third-order valence-corrected chi connectivity index (χ3v) is 4.06. The number of rotatable bonds is 5. The van der Waals surface area contributed by atoms with Gasteiger partial charge in [-0.2, -0.15) is 0 Å². The smallest absolute Gasteiger partial charge is 0.253 e. The summed E-state index contributed by atoms with van der Waals surface area (Å²) in [6, 6.07) is 5.51. The molecule has 110 valence electrons. The highest BCUT2D eigenvalue weighted by Crippen LogP contribution is 2.25. The van der Waals surface area contributed by atoms with Crippen molar-refractivity contribution in [3.05, 3.63) is 23.8 Å². The predicted octanol–water partition coefficient (Wildman–Crippen LogP) is 3.11. The van der Waals surface area contributed by atoms with Gasteiger partial charge in [-0.25, -0.2) is 0 Å². The first-order chi connectivity index (χ1) is 9.58. The van der Waals surface area contributed by atoms with Crippen LogP contribution in [-0.4, -0.2) is 18.6 Å². The van der Waals surface area contributed by atoms with E-state index in [9.17, 15) is 4.79 Å². The van der Waals surface area contributed by atoms with Crippen LogP contribution in [0.1, 0.15) is 38.2 Å². The van der Waals surface area contributed by atoms with Crippen LogP contribution in [0.4, 0.5) is 11.4 Å². The van der Waals surface area contributed by atoms with Crippen molar-refractivity contribution in [2.75, 3.05) is 17.7 Å². The minimum Gasteiger partial charge on any atom is -0.398 e. The molecule has 1 fully saturated rings. The Bertz CT molecular complexity index is 468. The number of hydrogen-bond acceptors (Lipinski definition) is 3. The molecule has 2 rings (SSSR count). The first-order valence-electron chi connectivity index (χ1n) is 7.35. The maximum atomic E-state index is 12.1. The number of benzene rings is 1. The molecule has 0 radical (unpaired) electrons. The van der Waals surface area contributed by atoms with Crippen LogP contribution in [0.15, 0.2) is 18.2 Å². The second-order valence-corrected chi connectivity index (χ2v) is 5.64. The molecule has 1 atom stereocenters. The Labute approximate surface area is 120 Å². The van der Waals surface area contributed by atoms with E-state index in [1.165, 1.54) is 25.7 Å². The van der Waals surface area contributed by atoms with E-state index in [2.05, 4.69) is 5.32 Å². The van der Waals surface area contributed by atoms with Gasteiger partial charge in [0, 0.05) is 11.4 Å². The van der Waals surface area contributed by atoms with E-state index >= 15 is 0 Å². The van der Waals surface area contributed by atoms with Crippen molar-refractivity contribution >= 4 is 17.3 Å². The SMILES string of the molecule is Cc1c(N)cccc1NC(=O)C(C)OCC1CCCC1. The Balaban J connectivity index is 1.85. The molecule has 1 aliphatic carbocycles. The fourth-order valence-electron chi connectivity index (χ4n) is 2.56. The number of carbonyl (C=O) groups is 1. The molecule has 1 unspecified atom stereocenters. The third kappa shape index (κ3) is 3.73. The summed E-state index contributed by atoms with van der Waals surface area (Å²) < 4.78 is 5.69. The average molecular weight is 276 g/mol. The minimum absolute atomic E-state index is 0.114. The number of nitrogen functional groups attached to an aromatic ring is 1. The summed E-state index contributed by atoms with van der Waals surface area (Å²) in [6.07, 6.45) is 4.59. The fourth-order valence-corrected chi connectivity index (χ4v) is 2.56. The summed E-state index contributed by atoms with van der Waals surface area (Å²) in [5, 5.41) is 2.88. The number of nitrogens with two attached hydrogens (primary N) is 1. The van der Waals surface area contributed by atoms with E-state index in [0.717, 1.165) is 11.3 Å². The molecule has 0 aromatic heterocycles. The van der Waals surface area contributed by atoms with Crippen molar-refractivity contribution in [2.45, 2.75) is 45.6 Å². The maximum absolute atomic E-state index is 12.1. The van der Waals surface area contributed by atoms with Crippen LogP contribution in [0.3, 0.4) is 0 Å². The molecule has 1 amide bonds. The van der Waals surface area contributed by atoms with Crippen LogP contribution in [0.5, 0.6) is 0 Å². The zero-order valence-corrected chi connectivity index (χ0v) is 12.3. The molecule has 3 N–H and O–H groups in total. The largest absolute Gasteiger partial charge is 0.398 e. The number of nitrogens with one attached hydrogen (secondary N) is 1. The van der Waals surface area contributed by atoms with E-state index in [1.807, 2.05) is 25.1 Å². The molecule has 1 aromatic carbocycles. The summed E-state index contributed by atoms with van der Waals surface area (Å²) >= 11 is 0. The molecule has 4 heteroatoms. The number of anilines is 2. The van der Waals surface area contributed by atoms with Crippen LogP contribution in [0.25, 0.3) is 0 Å². The number of carbonyl (C=O) groups excluding carboxylic acids is 1. The summed E-state index contributed by atoms with van der Waals surface area (Å²) in [5.74, 6) is 0.510. The quantitative estimate of drug-likeness (QED) is 0.812. The lowest BCUT2D eigenvalue weighted by Gasteiger charge is -2.17. The van der Waals surface area contributed by atoms with Gasteiger partial charge in [0.05, 0.1) is 6.61 Å². The fraction of sp³-hybridized carbons (Fsp3) is 0.562. The summed E-state index contributed by atoms with van der Waals surface area (Å²) in [7, 11) is 0. The molecule has 0 spiro atoms. The Morgan fingerprint density at radius 1 is 1.45 bits per heavy atom. The molecule has 20 heavy (non-hydrogen) atoms. The standard InChI is InChI=1S/C16H24N2O2/c1-11-14(17)8-5-9-15(11)18-16(19)12(2)20-10-13-6-3-4-7-13/h5,8-9,12-13H,3-4,6-7,10,17H2,1-2H3,(H,18,19). The molecule has 1 saturated carbocycles. The van der Waals surface area contributed by atoms with Crippen LogP contribution >= 0.6 is 0 Å². The van der Waals surface area contributed by atoms with Gasteiger partial charge in [0.25, 0.3) is 5.91 Å². The lowest BCUT2D eigenvalue weighted by Crippen LogP contribution is -2.29. The first kappa shape index (κ1) is 14.9. The highest BCUT2D eigenvalue weighted by atomic mass is 16.5. The van der Waals surface area contributed by atoms with Gasteiger partial charge in [0.1, 0.15) is 6.10 Å². The molecule has 1 aliphatic rings. The van der Waals surface area contributed by atoms with Gasteiger partial charge in [-0.3, -0.25) is 4.79 Å². The van der Waals surface area contributed by atoms with Crippen molar-refractivity contribution in [1.29, 1.82) is 0 Å². The second kappa shape index (κ2) is 6.75. The van der Waals surface area contributed by atoms with Gasteiger partial charge < -0.3 is 15.8 Å². The Morgan fingerprint density at radius 3 is 2.85 bits per heavy atom. The van der Waals surface area contributed by atoms with Crippen LogP contribution in [0.2, 0.25) is 0 Å². The highest BCUT2D eigenvalue weighted by Gasteiger charge is 2.19. The van der Waals surface area contributed by atoms with Gasteiger partial charge in [-0.15, -0.1) is 0 Å². The summed E-state index contributed by atoms with van der Waals surface area (Å²) in [6.45, 7) is 4.38. The van der Waals surface area contributed by atoms with Crippen LogP contribution in [0, 0.1) is 12.8 Å². The highest BCUT2D eigenvalue weighted by molar-refractivity contribution is 5.95. The third-order valence-electron chi connectivity index (χ3n) is 4.06. The Kier molecular flexibility index (Phi) is 5.01. The zero-order chi connectivity index (χ0) is 14.5. The predicted molar refractivity (Wildman–Crippen MR) is 81.6 cm³/mol. The lowest BCUT2D eigenvalue weighted by atomic mass is 10.1. The van der Waals surface area contributed by atoms with E-state index < -0.39 is 6.10 Å². The number of ether oxygens (including phenoxy) is 1. The van der Waals surface area contributed by atoms with Gasteiger partial charge >= 0.3 is 0 Å². The van der Waals surface area contributed by atoms with Crippen molar-refractivity contribution in [3.63, 3.8) is 0 Å². The topological polar surface area (TPSA) is 64.3 Å². The van der Waals surface area contributed by atoms with E-state index in [1.54, 1.807) is 6.92 Å². The van der Waals surface area contributed by atoms with Crippen LogP contribution < -0.4 is 11.1 Å². The molecule has 0 heterocycles. The molecule has 0 bridgehead atoms. The van der Waals surface area contributed by atoms with E-state index in [0.29, 0.717) is 18.2 Å². The summed E-state index contributed by atoms with van der Waals surface area (Å²) in [5.41, 5.74) is 8.16. The van der Waals surface area contributed by atoms with Crippen molar-refractivity contribution < 1.29 is 9.53 Å². The van der Waals surface area contributed by atoms with Gasteiger partial charge in [-0.05, 0) is 50.3 Å². The van der Waals surface area contributed by atoms with E-state index in [-0.39, 0.29) is 5.91 Å². The zero-order valence-electron chi connectivity index (χ0n) is 12.3. The number of hydrogen-bond donors (Lipinski definition) is 2. The molecular formula is C16H24N2O2. The van der Waals surface area contributed by atoms with Crippen molar-refractivity contribution in [3.8, 4) is 0 Å². The average Bonchev–Trinajstić information content (AvgIpc) is 2.94. The molecular weight excluding hydrogens is 252 g/mol. The second-order valence-electron chi connectivity index (χ2n) is 5.64. The maximum Gasteiger partial charge on any atom is 0.253 e. The van der Waals surface area contributed by atoms with E-state index in [4.69, 9.17) is 10.5 Å². The Morgan fingerprint density at radius 2 is 2.15 bits per heavy atom. The monoisotopic (exact) mass is 276 g/mol. The molecule has 4 nitrogen and oxygen atoms in total. The van der Waals surface area contributed by atoms with Crippen LogP contribution in [-0.2, 0) is 9.53 Å². The van der Waals surface area contributed by atoms with Gasteiger partial charge in [-0.1, -0.05) is 18.9 Å². The van der Waals surface area contributed by atoms with Crippen molar-refractivity contribution in [2.24, 2.45) is 5.92 Å². The Hall–Kier alpha value is -1.55. The first-order valence-corrected chi connectivity index (χ1v) is 7.35. The van der Waals surface area contributed by atoms with Gasteiger partial charge in [0.2, 0.25) is 0 Å². The molecule has 0 saturated heterocycles. The minimum atomic E-state index is -0.434. The normalized spacial score (nSPS) is 17.1. The molecule has 0 aliphatic heterocycles. The lowest BCUT2D eigenvalue weighted by molar-refractivity contribution is -0.127. The molecule has 1 aromatic rings.